The van der Waals surface area contributed by atoms with Crippen LogP contribution in [0.25, 0.3) is 0 Å². The maximum absolute atomic E-state index is 9.19. The molecule has 0 aromatic carbocycles. The first-order valence-corrected chi connectivity index (χ1v) is 5.97. The maximum atomic E-state index is 9.19. The highest BCUT2D eigenvalue weighted by atomic mass is 16.3. The van der Waals surface area contributed by atoms with Crippen LogP contribution >= 0.6 is 0 Å². The number of hydrogen-bond donors (Lipinski definition) is 1. The van der Waals surface area contributed by atoms with Crippen molar-refractivity contribution in [3.63, 3.8) is 0 Å². The molecule has 0 aliphatic heterocycles. The summed E-state index contributed by atoms with van der Waals surface area (Å²) in [6.45, 7) is 6.83. The van der Waals surface area contributed by atoms with E-state index < -0.39 is 0 Å². The van der Waals surface area contributed by atoms with Crippen LogP contribution in [-0.4, -0.2) is 11.7 Å². The summed E-state index contributed by atoms with van der Waals surface area (Å²) in [5, 5.41) is 9.19. The third-order valence-electron chi connectivity index (χ3n) is 2.91. The molecule has 1 N–H and O–H groups in total. The molecule has 0 bridgehead atoms. The van der Waals surface area contributed by atoms with Gasteiger partial charge >= 0.3 is 0 Å². The summed E-state index contributed by atoms with van der Waals surface area (Å²) in [5.74, 6) is 0.524. The highest BCUT2D eigenvalue weighted by Gasteiger charge is 2.06. The topological polar surface area (TPSA) is 20.2 Å². The lowest BCUT2D eigenvalue weighted by atomic mass is 9.95. The zero-order valence-electron chi connectivity index (χ0n) is 10.1. The zero-order chi connectivity index (χ0) is 10.8. The van der Waals surface area contributed by atoms with E-state index >= 15 is 0 Å². The second-order valence-electron chi connectivity index (χ2n) is 4.22. The minimum absolute atomic E-state index is 0.362. The Balaban J connectivity index is 3.57. The normalized spacial score (nSPS) is 14.4. The van der Waals surface area contributed by atoms with Gasteiger partial charge in [0.1, 0.15) is 0 Å². The largest absolute Gasteiger partial charge is 0.396 e. The monoisotopic (exact) mass is 198 g/mol. The highest BCUT2D eigenvalue weighted by Crippen LogP contribution is 2.17. The van der Waals surface area contributed by atoms with Crippen LogP contribution in [0.5, 0.6) is 0 Å². The van der Waals surface area contributed by atoms with Crippen molar-refractivity contribution in [2.45, 2.75) is 59.3 Å². The first-order chi connectivity index (χ1) is 6.74. The van der Waals surface area contributed by atoms with Crippen LogP contribution in [-0.2, 0) is 0 Å². The SMILES string of the molecule is CC=C(C)CCC(CO)CCCCC. The molecule has 14 heavy (non-hydrogen) atoms. The molecular weight excluding hydrogens is 172 g/mol. The molecule has 1 heteroatoms. The molecule has 0 aliphatic carbocycles. The smallest absolute Gasteiger partial charge is 0.0459 e. The molecule has 1 nitrogen and oxygen atoms in total. The molecule has 0 fully saturated rings. The van der Waals surface area contributed by atoms with Crippen molar-refractivity contribution in [3.05, 3.63) is 11.6 Å². The first kappa shape index (κ1) is 13.7. The predicted molar refractivity (Wildman–Crippen MR) is 63.4 cm³/mol. The Hall–Kier alpha value is -0.300. The Morgan fingerprint density at radius 3 is 2.50 bits per heavy atom. The second kappa shape index (κ2) is 9.26. The van der Waals surface area contributed by atoms with E-state index in [0.717, 1.165) is 12.8 Å². The number of aliphatic hydroxyl groups is 1. The van der Waals surface area contributed by atoms with E-state index in [-0.39, 0.29) is 0 Å². The van der Waals surface area contributed by atoms with Gasteiger partial charge < -0.3 is 5.11 Å². The standard InChI is InChI=1S/C13H26O/c1-4-6-7-8-13(11-14)10-9-12(3)5-2/h5,13-14H,4,6-11H2,1-3H3. The minimum Gasteiger partial charge on any atom is -0.396 e. The molecule has 1 unspecified atom stereocenters. The van der Waals surface area contributed by atoms with Gasteiger partial charge in [-0.1, -0.05) is 37.8 Å². The van der Waals surface area contributed by atoms with Gasteiger partial charge in [0.05, 0.1) is 0 Å². The molecule has 0 saturated heterocycles. The number of allylic oxidation sites excluding steroid dienone is 2. The average molecular weight is 198 g/mol. The van der Waals surface area contributed by atoms with Crippen LogP contribution in [0, 0.1) is 5.92 Å². The predicted octanol–water partition coefficient (Wildman–Crippen LogP) is 3.92. The molecule has 0 spiro atoms. The van der Waals surface area contributed by atoms with E-state index in [9.17, 15) is 5.11 Å². The Labute approximate surface area is 89.2 Å². The fraction of sp³-hybridized carbons (Fsp3) is 0.846. The molecular formula is C13H26O. The molecule has 84 valence electrons. The quantitative estimate of drug-likeness (QED) is 0.463. The lowest BCUT2D eigenvalue weighted by Gasteiger charge is -2.13. The van der Waals surface area contributed by atoms with E-state index in [1.807, 2.05) is 0 Å². The second-order valence-corrected chi connectivity index (χ2v) is 4.22. The van der Waals surface area contributed by atoms with Gasteiger partial charge in [-0.2, -0.15) is 0 Å². The lowest BCUT2D eigenvalue weighted by Crippen LogP contribution is -2.06. The van der Waals surface area contributed by atoms with Crippen molar-refractivity contribution in [2.75, 3.05) is 6.61 Å². The summed E-state index contributed by atoms with van der Waals surface area (Å²) in [6.07, 6.45) is 9.51. The van der Waals surface area contributed by atoms with Gasteiger partial charge in [0.15, 0.2) is 0 Å². The number of unbranched alkanes of at least 4 members (excludes halogenated alkanes) is 2. The molecule has 0 aromatic heterocycles. The molecule has 0 radical (unpaired) electrons. The van der Waals surface area contributed by atoms with Crippen molar-refractivity contribution >= 4 is 0 Å². The van der Waals surface area contributed by atoms with Crippen LogP contribution in [0.15, 0.2) is 11.6 Å². The molecule has 0 aliphatic rings. The van der Waals surface area contributed by atoms with E-state index in [0.29, 0.717) is 12.5 Å². The van der Waals surface area contributed by atoms with Crippen molar-refractivity contribution < 1.29 is 5.11 Å². The van der Waals surface area contributed by atoms with Gasteiger partial charge in [-0.3, -0.25) is 0 Å². The summed E-state index contributed by atoms with van der Waals surface area (Å²) in [6, 6.07) is 0. The number of rotatable bonds is 8. The van der Waals surface area contributed by atoms with Crippen molar-refractivity contribution in [2.24, 2.45) is 5.92 Å². The van der Waals surface area contributed by atoms with Gasteiger partial charge in [-0.25, -0.2) is 0 Å². The summed E-state index contributed by atoms with van der Waals surface area (Å²) in [5.41, 5.74) is 1.44. The molecule has 0 heterocycles. The van der Waals surface area contributed by atoms with Crippen LogP contribution < -0.4 is 0 Å². The van der Waals surface area contributed by atoms with Crippen LogP contribution in [0.3, 0.4) is 0 Å². The van der Waals surface area contributed by atoms with Crippen LogP contribution in [0.1, 0.15) is 59.3 Å². The average Bonchev–Trinajstić information content (AvgIpc) is 2.22. The summed E-state index contributed by atoms with van der Waals surface area (Å²) >= 11 is 0. The maximum Gasteiger partial charge on any atom is 0.0459 e. The lowest BCUT2D eigenvalue weighted by molar-refractivity contribution is 0.208. The third kappa shape index (κ3) is 7.14. The van der Waals surface area contributed by atoms with E-state index in [1.165, 1.54) is 31.3 Å². The minimum atomic E-state index is 0.362. The van der Waals surface area contributed by atoms with Crippen molar-refractivity contribution in [1.82, 2.24) is 0 Å². The molecule has 1 atom stereocenters. The number of hydrogen-bond acceptors (Lipinski definition) is 1. The third-order valence-corrected chi connectivity index (χ3v) is 2.91. The summed E-state index contributed by atoms with van der Waals surface area (Å²) in [4.78, 5) is 0. The summed E-state index contributed by atoms with van der Waals surface area (Å²) < 4.78 is 0. The first-order valence-electron chi connectivity index (χ1n) is 5.97. The van der Waals surface area contributed by atoms with Gasteiger partial charge in [0.2, 0.25) is 0 Å². The van der Waals surface area contributed by atoms with Gasteiger partial charge in [-0.05, 0) is 39.0 Å². The van der Waals surface area contributed by atoms with E-state index in [2.05, 4.69) is 26.8 Å². The Kier molecular flexibility index (Phi) is 9.06. The molecule has 0 aromatic rings. The summed E-state index contributed by atoms with van der Waals surface area (Å²) in [7, 11) is 0. The Morgan fingerprint density at radius 1 is 1.29 bits per heavy atom. The molecule has 0 saturated carbocycles. The Morgan fingerprint density at radius 2 is 2.00 bits per heavy atom. The van der Waals surface area contributed by atoms with Gasteiger partial charge in [0, 0.05) is 6.61 Å². The van der Waals surface area contributed by atoms with E-state index in [1.54, 1.807) is 0 Å². The van der Waals surface area contributed by atoms with Gasteiger partial charge in [-0.15, -0.1) is 0 Å². The molecule has 0 rings (SSSR count). The fourth-order valence-electron chi connectivity index (χ4n) is 1.59. The Bertz CT molecular complexity index is 149. The van der Waals surface area contributed by atoms with Crippen molar-refractivity contribution in [3.8, 4) is 0 Å². The highest BCUT2D eigenvalue weighted by molar-refractivity contribution is 4.95. The fourth-order valence-corrected chi connectivity index (χ4v) is 1.59. The van der Waals surface area contributed by atoms with Crippen LogP contribution in [0.4, 0.5) is 0 Å². The van der Waals surface area contributed by atoms with Crippen molar-refractivity contribution in [1.29, 1.82) is 0 Å². The van der Waals surface area contributed by atoms with Crippen LogP contribution in [0.2, 0.25) is 0 Å². The molecule has 0 amide bonds. The zero-order valence-corrected chi connectivity index (χ0v) is 10.1. The van der Waals surface area contributed by atoms with Gasteiger partial charge in [0.25, 0.3) is 0 Å². The number of aliphatic hydroxyl groups excluding tert-OH is 1. The van der Waals surface area contributed by atoms with E-state index in [4.69, 9.17) is 0 Å².